The molecule has 30 heavy (non-hydrogen) atoms. The van der Waals surface area contributed by atoms with E-state index in [0.29, 0.717) is 12.1 Å². The molecule has 1 saturated heterocycles. The number of fused-ring (bicyclic) bond motifs is 1. The largest absolute Gasteiger partial charge is 0.417 e. The second kappa shape index (κ2) is 8.43. The molecule has 1 aliphatic heterocycles. The summed E-state index contributed by atoms with van der Waals surface area (Å²) in [6, 6.07) is 11.1. The number of aromatic nitrogens is 3. The van der Waals surface area contributed by atoms with Crippen molar-refractivity contribution in [1.29, 1.82) is 0 Å². The van der Waals surface area contributed by atoms with Crippen molar-refractivity contribution in [2.45, 2.75) is 31.5 Å². The Kier molecular flexibility index (Phi) is 5.72. The van der Waals surface area contributed by atoms with E-state index in [9.17, 15) is 18.0 Å². The predicted molar refractivity (Wildman–Crippen MR) is 105 cm³/mol. The quantitative estimate of drug-likeness (QED) is 0.669. The van der Waals surface area contributed by atoms with Gasteiger partial charge in [0.15, 0.2) is 11.5 Å². The Morgan fingerprint density at radius 2 is 1.87 bits per heavy atom. The van der Waals surface area contributed by atoms with Crippen LogP contribution in [0.2, 0.25) is 0 Å². The van der Waals surface area contributed by atoms with Crippen LogP contribution in [0.15, 0.2) is 48.7 Å². The fourth-order valence-corrected chi connectivity index (χ4v) is 3.74. The number of hydrogen-bond donors (Lipinski definition) is 2. The Morgan fingerprint density at radius 1 is 1.13 bits per heavy atom. The van der Waals surface area contributed by atoms with Crippen LogP contribution in [0, 0.1) is 5.92 Å². The number of nitrogens with one attached hydrogen (secondary N) is 2. The van der Waals surface area contributed by atoms with Gasteiger partial charge in [0.25, 0.3) is 0 Å². The van der Waals surface area contributed by atoms with Crippen molar-refractivity contribution in [3.8, 4) is 0 Å². The van der Waals surface area contributed by atoms with Gasteiger partial charge in [-0.05, 0) is 50.0 Å². The maximum Gasteiger partial charge on any atom is 0.417 e. The first-order chi connectivity index (χ1) is 14.4. The number of carbonyl (C=O) groups is 1. The summed E-state index contributed by atoms with van der Waals surface area (Å²) < 4.78 is 41.0. The highest BCUT2D eigenvalue weighted by Crippen LogP contribution is 2.30. The number of nitrogens with zero attached hydrogens (tertiary/aromatic N) is 3. The zero-order valence-electron chi connectivity index (χ0n) is 16.2. The fraction of sp³-hybridized carbons (Fsp3) is 0.381. The number of hydrogen-bond acceptors (Lipinski definition) is 4. The SMILES string of the molecule is O=C(N[C@H](Cc1ccccc1)c1nnc2ccc(C(F)(F)F)cn12)C1CCNCC1. The van der Waals surface area contributed by atoms with Gasteiger partial charge in [-0.1, -0.05) is 30.3 Å². The zero-order chi connectivity index (χ0) is 21.1. The molecule has 1 aliphatic rings. The maximum absolute atomic E-state index is 13.2. The van der Waals surface area contributed by atoms with E-state index < -0.39 is 17.8 Å². The normalized spacial score (nSPS) is 16.5. The average molecular weight is 417 g/mol. The molecule has 3 heterocycles. The van der Waals surface area contributed by atoms with Gasteiger partial charge in [0.2, 0.25) is 5.91 Å². The first kappa shape index (κ1) is 20.3. The monoisotopic (exact) mass is 417 g/mol. The van der Waals surface area contributed by atoms with Gasteiger partial charge in [0.1, 0.15) is 0 Å². The fourth-order valence-electron chi connectivity index (χ4n) is 3.74. The lowest BCUT2D eigenvalue weighted by molar-refractivity contribution is -0.138. The Labute approximate surface area is 171 Å². The Hall–Kier alpha value is -2.94. The van der Waals surface area contributed by atoms with Crippen LogP contribution in [0.4, 0.5) is 13.2 Å². The summed E-state index contributed by atoms with van der Waals surface area (Å²) >= 11 is 0. The maximum atomic E-state index is 13.2. The first-order valence-electron chi connectivity index (χ1n) is 9.89. The molecule has 9 heteroatoms. The lowest BCUT2D eigenvalue weighted by atomic mass is 9.96. The minimum absolute atomic E-state index is 0.110. The first-order valence-corrected chi connectivity index (χ1v) is 9.89. The van der Waals surface area contributed by atoms with Crippen molar-refractivity contribution < 1.29 is 18.0 Å². The minimum atomic E-state index is -4.48. The van der Waals surface area contributed by atoms with Crippen LogP contribution in [0.3, 0.4) is 0 Å². The van der Waals surface area contributed by atoms with E-state index in [4.69, 9.17) is 0 Å². The molecule has 2 N–H and O–H groups in total. The van der Waals surface area contributed by atoms with E-state index in [1.165, 1.54) is 10.5 Å². The van der Waals surface area contributed by atoms with E-state index in [2.05, 4.69) is 20.8 Å². The number of pyridine rings is 1. The van der Waals surface area contributed by atoms with Crippen LogP contribution in [-0.4, -0.2) is 33.6 Å². The van der Waals surface area contributed by atoms with Crippen LogP contribution in [0.25, 0.3) is 5.65 Å². The summed E-state index contributed by atoms with van der Waals surface area (Å²) in [5.41, 5.74) is 0.447. The van der Waals surface area contributed by atoms with Gasteiger partial charge < -0.3 is 10.6 Å². The Balaban J connectivity index is 1.68. The van der Waals surface area contributed by atoms with E-state index in [0.717, 1.165) is 43.8 Å². The number of alkyl halides is 3. The highest BCUT2D eigenvalue weighted by molar-refractivity contribution is 5.79. The van der Waals surface area contributed by atoms with Gasteiger partial charge in [0, 0.05) is 12.1 Å². The molecule has 0 saturated carbocycles. The Morgan fingerprint density at radius 3 is 2.57 bits per heavy atom. The second-order valence-electron chi connectivity index (χ2n) is 7.48. The third-order valence-corrected chi connectivity index (χ3v) is 5.38. The van der Waals surface area contributed by atoms with Crippen molar-refractivity contribution in [2.75, 3.05) is 13.1 Å². The van der Waals surface area contributed by atoms with Crippen molar-refractivity contribution in [1.82, 2.24) is 25.2 Å². The number of carbonyl (C=O) groups excluding carboxylic acids is 1. The number of piperidine rings is 1. The summed E-state index contributed by atoms with van der Waals surface area (Å²) in [6.45, 7) is 1.54. The molecular formula is C21H22F3N5O. The summed E-state index contributed by atoms with van der Waals surface area (Å²) in [4.78, 5) is 12.9. The topological polar surface area (TPSA) is 71.3 Å². The van der Waals surface area contributed by atoms with Crippen LogP contribution in [0.5, 0.6) is 0 Å². The molecule has 3 aromatic rings. The summed E-state index contributed by atoms with van der Waals surface area (Å²) in [5.74, 6) is 0.0397. The molecule has 4 rings (SSSR count). The van der Waals surface area contributed by atoms with Crippen molar-refractivity contribution in [2.24, 2.45) is 5.92 Å². The standard InChI is InChI=1S/C21H22F3N5O/c22-21(23,24)16-6-7-18-27-28-19(29(18)13-16)17(12-14-4-2-1-3-5-14)26-20(30)15-8-10-25-11-9-15/h1-7,13,15,17,25H,8-12H2,(H,26,30)/t17-/m1/s1. The molecule has 0 radical (unpaired) electrons. The van der Waals surface area contributed by atoms with E-state index >= 15 is 0 Å². The average Bonchev–Trinajstić information content (AvgIpc) is 3.17. The molecule has 0 aliphatic carbocycles. The predicted octanol–water partition coefficient (Wildman–Crippen LogP) is 3.15. The van der Waals surface area contributed by atoms with E-state index in [-0.39, 0.29) is 17.6 Å². The van der Waals surface area contributed by atoms with Gasteiger partial charge in [-0.15, -0.1) is 10.2 Å². The Bertz CT molecular complexity index is 1010. The third-order valence-electron chi connectivity index (χ3n) is 5.38. The van der Waals surface area contributed by atoms with Gasteiger partial charge in [-0.25, -0.2) is 0 Å². The smallest absolute Gasteiger partial charge is 0.345 e. The highest BCUT2D eigenvalue weighted by atomic mass is 19.4. The second-order valence-corrected chi connectivity index (χ2v) is 7.48. The van der Waals surface area contributed by atoms with Gasteiger partial charge in [-0.2, -0.15) is 13.2 Å². The van der Waals surface area contributed by atoms with Crippen molar-refractivity contribution in [3.63, 3.8) is 0 Å². The summed E-state index contributed by atoms with van der Waals surface area (Å²) in [7, 11) is 0. The molecule has 0 bridgehead atoms. The van der Waals surface area contributed by atoms with Gasteiger partial charge in [0.05, 0.1) is 11.6 Å². The third kappa shape index (κ3) is 4.46. The molecule has 2 aromatic heterocycles. The zero-order valence-corrected chi connectivity index (χ0v) is 16.2. The van der Waals surface area contributed by atoms with Gasteiger partial charge >= 0.3 is 6.18 Å². The van der Waals surface area contributed by atoms with Crippen LogP contribution >= 0.6 is 0 Å². The molecule has 1 fully saturated rings. The van der Waals surface area contributed by atoms with E-state index in [1.807, 2.05) is 30.3 Å². The summed E-state index contributed by atoms with van der Waals surface area (Å²) in [5, 5.41) is 14.4. The van der Waals surface area contributed by atoms with E-state index in [1.54, 1.807) is 0 Å². The molecule has 1 amide bonds. The molecule has 6 nitrogen and oxygen atoms in total. The number of halogens is 3. The van der Waals surface area contributed by atoms with Gasteiger partial charge in [-0.3, -0.25) is 9.20 Å². The lowest BCUT2D eigenvalue weighted by Crippen LogP contribution is -2.40. The molecule has 158 valence electrons. The van der Waals surface area contributed by atoms with Crippen molar-refractivity contribution in [3.05, 3.63) is 65.6 Å². The minimum Gasteiger partial charge on any atom is -0.345 e. The molecule has 0 spiro atoms. The number of rotatable bonds is 5. The molecule has 1 aromatic carbocycles. The molecular weight excluding hydrogens is 395 g/mol. The summed E-state index contributed by atoms with van der Waals surface area (Å²) in [6.07, 6.45) is -1.65. The van der Waals surface area contributed by atoms with Crippen LogP contribution < -0.4 is 10.6 Å². The molecule has 0 unspecified atom stereocenters. The van der Waals surface area contributed by atoms with Crippen LogP contribution in [-0.2, 0) is 17.4 Å². The van der Waals surface area contributed by atoms with Crippen molar-refractivity contribution >= 4 is 11.6 Å². The highest BCUT2D eigenvalue weighted by Gasteiger charge is 2.32. The van der Waals surface area contributed by atoms with Crippen LogP contribution in [0.1, 0.15) is 35.8 Å². The lowest BCUT2D eigenvalue weighted by Gasteiger charge is -2.25. The number of amides is 1. The number of benzene rings is 1. The molecule has 1 atom stereocenters.